The van der Waals surface area contributed by atoms with E-state index in [9.17, 15) is 48.5 Å². The standard InChI is InChI=1S/C77H146NO15P/c1-6-11-16-21-26-31-33-38-43-48-53-58-72(83)89-67(56-51-46-41-36-29-24-19-14-9-4)60-66(81)61-69-75(78-71(82)62-65(80)55-50-45-40-35-28-23-18-13-8-3)77(93-94(86,87)88)91-70(64-79)76(69)92-74(85)63-68(57-52-47-42-37-30-25-20-15-10-5)90-73(84)59-54-49-44-39-34-32-27-22-17-12-7-2/h65,67-70,75-77,79-80H,6-64H2,1-5H3,(H,78,82)(H2,86,87,88)/t65-,67-,68-,69-,70-,75-,76+,77-/m1/s1. The van der Waals surface area contributed by atoms with Gasteiger partial charge in [-0.15, -0.1) is 0 Å². The third-order valence-corrected chi connectivity index (χ3v) is 19.5. The Balaban J connectivity index is 3.57. The van der Waals surface area contributed by atoms with Crippen molar-refractivity contribution in [2.45, 2.75) is 450 Å². The van der Waals surface area contributed by atoms with Gasteiger partial charge in [-0.2, -0.15) is 0 Å². The second-order valence-corrected chi connectivity index (χ2v) is 29.4. The highest BCUT2D eigenvalue weighted by Crippen LogP contribution is 2.43. The van der Waals surface area contributed by atoms with E-state index in [1.54, 1.807) is 0 Å². The third kappa shape index (κ3) is 52.6. The molecule has 8 atom stereocenters. The molecular weight excluding hydrogens is 1210 g/mol. The second kappa shape index (κ2) is 62.8. The van der Waals surface area contributed by atoms with Crippen molar-refractivity contribution in [3.8, 4) is 0 Å². The smallest absolute Gasteiger partial charge is 0.462 e. The number of phosphoric ester groups is 1. The molecule has 0 radical (unpaired) electrons. The first-order chi connectivity index (χ1) is 45.6. The minimum atomic E-state index is -5.40. The van der Waals surface area contributed by atoms with Gasteiger partial charge in [0.05, 0.1) is 31.6 Å². The van der Waals surface area contributed by atoms with E-state index in [2.05, 4.69) is 39.9 Å². The minimum Gasteiger partial charge on any atom is -0.462 e. The number of ether oxygens (including phenoxy) is 4. The Morgan fingerprint density at radius 1 is 0.426 bits per heavy atom. The SMILES string of the molecule is CCCCCCCCCCCCCC(=O)O[C@H](CCCCCCCCCCC)CC(=O)C[C@@H]1[C@@H](NC(=O)C[C@H](O)CCCCCCCCCCC)[C@@H](OP(=O)(O)O)O[C@H](CO)[C@H]1OC(=O)C[C@@H](CCCCCCCCCCC)OC(=O)CCCCCCCCCCCCC. The fourth-order valence-corrected chi connectivity index (χ4v) is 13.8. The quantitative estimate of drug-likeness (QED) is 0.0165. The number of aliphatic hydroxyl groups is 2. The zero-order valence-electron chi connectivity index (χ0n) is 61.1. The van der Waals surface area contributed by atoms with E-state index < -0.39 is 93.2 Å². The van der Waals surface area contributed by atoms with E-state index >= 15 is 0 Å². The van der Waals surface area contributed by atoms with Crippen LogP contribution < -0.4 is 5.32 Å². The molecule has 1 amide bonds. The van der Waals surface area contributed by atoms with Crippen LogP contribution in [0.15, 0.2) is 0 Å². The summed E-state index contributed by atoms with van der Waals surface area (Å²) >= 11 is 0. The molecule has 0 unspecified atom stereocenters. The molecule has 17 heteroatoms. The predicted molar refractivity (Wildman–Crippen MR) is 381 cm³/mol. The molecule has 0 aromatic heterocycles. The van der Waals surface area contributed by atoms with Gasteiger partial charge in [-0.3, -0.25) is 28.5 Å². The molecular formula is C77H146NO15P. The van der Waals surface area contributed by atoms with Gasteiger partial charge in [-0.05, 0) is 44.9 Å². The van der Waals surface area contributed by atoms with Crippen LogP contribution in [0.3, 0.4) is 0 Å². The molecule has 1 aliphatic rings. The number of ketones is 1. The maximum Gasteiger partial charge on any atom is 0.472 e. The van der Waals surface area contributed by atoms with E-state index in [-0.39, 0.29) is 38.1 Å². The molecule has 0 bridgehead atoms. The van der Waals surface area contributed by atoms with Crippen molar-refractivity contribution in [2.75, 3.05) is 6.61 Å². The zero-order valence-corrected chi connectivity index (χ0v) is 62.0. The summed E-state index contributed by atoms with van der Waals surface area (Å²) in [4.78, 5) is 91.3. The van der Waals surface area contributed by atoms with Gasteiger partial charge >= 0.3 is 25.7 Å². The van der Waals surface area contributed by atoms with Crippen molar-refractivity contribution < 1.29 is 72.0 Å². The number of amides is 1. The summed E-state index contributed by atoms with van der Waals surface area (Å²) in [5.74, 6) is -4.07. The first kappa shape index (κ1) is 89.6. The molecule has 16 nitrogen and oxygen atoms in total. The summed E-state index contributed by atoms with van der Waals surface area (Å²) in [7, 11) is -5.40. The van der Waals surface area contributed by atoms with Crippen LogP contribution in [0, 0.1) is 5.92 Å². The highest BCUT2D eigenvalue weighted by molar-refractivity contribution is 7.46. The van der Waals surface area contributed by atoms with Crippen molar-refractivity contribution in [1.29, 1.82) is 0 Å². The molecule has 0 aliphatic carbocycles. The Hall–Kier alpha value is -2.46. The molecule has 5 N–H and O–H groups in total. The molecule has 1 aliphatic heterocycles. The summed E-state index contributed by atoms with van der Waals surface area (Å²) in [6, 6.07) is -1.55. The van der Waals surface area contributed by atoms with Gasteiger partial charge in [-0.1, -0.05) is 324 Å². The number of Topliss-reactive ketones (excluding diaryl/α,β-unsaturated/α-hetero) is 1. The fraction of sp³-hybridized carbons (Fsp3) is 0.935. The van der Waals surface area contributed by atoms with Crippen molar-refractivity contribution in [3.63, 3.8) is 0 Å². The lowest BCUT2D eigenvalue weighted by atomic mass is 9.82. The largest absolute Gasteiger partial charge is 0.472 e. The van der Waals surface area contributed by atoms with Crippen LogP contribution >= 0.6 is 7.82 Å². The first-order valence-corrected chi connectivity index (χ1v) is 41.2. The van der Waals surface area contributed by atoms with Gasteiger partial charge in [-0.25, -0.2) is 4.57 Å². The molecule has 1 saturated heterocycles. The van der Waals surface area contributed by atoms with Crippen LogP contribution in [0.4, 0.5) is 0 Å². The van der Waals surface area contributed by atoms with E-state index in [0.717, 1.165) is 116 Å². The average molecular weight is 1360 g/mol. The molecule has 94 heavy (non-hydrogen) atoms. The van der Waals surface area contributed by atoms with Gasteiger partial charge in [0.2, 0.25) is 5.91 Å². The lowest BCUT2D eigenvalue weighted by Gasteiger charge is -2.45. The van der Waals surface area contributed by atoms with Crippen LogP contribution in [-0.2, 0) is 52.0 Å². The summed E-state index contributed by atoms with van der Waals surface area (Å²) in [5, 5.41) is 25.0. The van der Waals surface area contributed by atoms with Crippen LogP contribution in [-0.4, -0.2) is 99.1 Å². The van der Waals surface area contributed by atoms with Crippen molar-refractivity contribution in [1.82, 2.24) is 5.32 Å². The van der Waals surface area contributed by atoms with Crippen LogP contribution in [0.5, 0.6) is 0 Å². The topological polar surface area (TPSA) is 242 Å². The van der Waals surface area contributed by atoms with Crippen molar-refractivity contribution >= 4 is 37.4 Å². The van der Waals surface area contributed by atoms with Gasteiger partial charge in [0.1, 0.15) is 30.2 Å². The van der Waals surface area contributed by atoms with Crippen molar-refractivity contribution in [2.24, 2.45) is 5.92 Å². The van der Waals surface area contributed by atoms with Crippen molar-refractivity contribution in [3.05, 3.63) is 0 Å². The van der Waals surface area contributed by atoms with Crippen LogP contribution in [0.1, 0.15) is 407 Å². The number of aliphatic hydroxyl groups excluding tert-OH is 2. The Morgan fingerprint density at radius 3 is 1.09 bits per heavy atom. The summed E-state index contributed by atoms with van der Waals surface area (Å²) in [5.41, 5.74) is 0. The number of esters is 3. The maximum absolute atomic E-state index is 14.8. The van der Waals surface area contributed by atoms with Gasteiger partial charge in [0.25, 0.3) is 0 Å². The Labute approximate surface area is 574 Å². The number of hydrogen-bond acceptors (Lipinski definition) is 13. The number of unbranched alkanes of at least 4 members (excludes halogenated alkanes) is 44. The summed E-state index contributed by atoms with van der Waals surface area (Å²) in [6.07, 6.45) is 46.4. The third-order valence-electron chi connectivity index (χ3n) is 19.1. The van der Waals surface area contributed by atoms with Gasteiger partial charge in [0, 0.05) is 31.6 Å². The monoisotopic (exact) mass is 1360 g/mol. The summed E-state index contributed by atoms with van der Waals surface area (Å²) < 4.78 is 42.5. The highest BCUT2D eigenvalue weighted by Gasteiger charge is 2.51. The normalized spacial score (nSPS) is 17.6. The Bertz CT molecular complexity index is 1850. The van der Waals surface area contributed by atoms with Crippen LogP contribution in [0.25, 0.3) is 0 Å². The second-order valence-electron chi connectivity index (χ2n) is 28.2. The highest BCUT2D eigenvalue weighted by atomic mass is 31.2. The van der Waals surface area contributed by atoms with Crippen LogP contribution in [0.2, 0.25) is 0 Å². The van der Waals surface area contributed by atoms with E-state index in [1.807, 2.05) is 0 Å². The predicted octanol–water partition coefficient (Wildman–Crippen LogP) is 20.3. The average Bonchev–Trinajstić information content (AvgIpc) is 0.785. The minimum absolute atomic E-state index is 0.207. The molecule has 0 aromatic carbocycles. The first-order valence-electron chi connectivity index (χ1n) is 39.7. The number of carbonyl (C=O) groups excluding carboxylic acids is 5. The number of rotatable bonds is 69. The van der Waals surface area contributed by atoms with Gasteiger partial charge in [0.15, 0.2) is 6.29 Å². The molecule has 1 fully saturated rings. The Morgan fingerprint density at radius 2 is 0.745 bits per heavy atom. The van der Waals surface area contributed by atoms with E-state index in [4.69, 9.17) is 23.5 Å². The molecule has 0 aromatic rings. The molecule has 554 valence electrons. The Kier molecular flexibility index (Phi) is 59.8. The number of carbonyl (C=O) groups is 5. The number of phosphoric acid groups is 1. The summed E-state index contributed by atoms with van der Waals surface area (Å²) in [6.45, 7) is 10.2. The van der Waals surface area contributed by atoms with E-state index in [1.165, 1.54) is 167 Å². The molecule has 1 heterocycles. The molecule has 0 spiro atoms. The number of nitrogens with one attached hydrogen (secondary N) is 1. The maximum atomic E-state index is 14.8. The molecule has 1 rings (SSSR count). The lowest BCUT2D eigenvalue weighted by Crippen LogP contribution is -2.63. The number of hydrogen-bond donors (Lipinski definition) is 5. The zero-order chi connectivity index (χ0) is 69.0. The fourth-order valence-electron chi connectivity index (χ4n) is 13.3. The van der Waals surface area contributed by atoms with Gasteiger partial charge < -0.3 is 44.3 Å². The molecule has 0 saturated carbocycles. The van der Waals surface area contributed by atoms with E-state index in [0.29, 0.717) is 51.4 Å². The lowest BCUT2D eigenvalue weighted by molar-refractivity contribution is -0.243.